The van der Waals surface area contributed by atoms with Crippen molar-refractivity contribution in [2.45, 2.75) is 25.4 Å². The summed E-state index contributed by atoms with van der Waals surface area (Å²) >= 11 is 5.90. The molecular formula is C9H9ClFN. The molecule has 0 saturated heterocycles. The topological polar surface area (TPSA) is 12.9 Å². The molecule has 1 atom stereocenters. The van der Waals surface area contributed by atoms with Crippen molar-refractivity contribution >= 4 is 11.6 Å². The van der Waals surface area contributed by atoms with Crippen LogP contribution >= 0.6 is 11.6 Å². The number of rotatable bonds is 0. The van der Waals surface area contributed by atoms with Crippen LogP contribution in [0.3, 0.4) is 0 Å². The molecule has 1 aliphatic carbocycles. The Labute approximate surface area is 75.6 Å². The lowest BCUT2D eigenvalue weighted by Gasteiger charge is -2.18. The van der Waals surface area contributed by atoms with E-state index in [4.69, 9.17) is 11.6 Å². The van der Waals surface area contributed by atoms with Crippen molar-refractivity contribution in [3.8, 4) is 0 Å². The van der Waals surface area contributed by atoms with Crippen molar-refractivity contribution in [2.75, 3.05) is 0 Å². The molecule has 12 heavy (non-hydrogen) atoms. The summed E-state index contributed by atoms with van der Waals surface area (Å²) in [5, 5.41) is 0.655. The van der Waals surface area contributed by atoms with Gasteiger partial charge in [-0.3, -0.25) is 4.98 Å². The zero-order valence-corrected chi connectivity index (χ0v) is 7.31. The van der Waals surface area contributed by atoms with E-state index in [1.807, 2.05) is 0 Å². The summed E-state index contributed by atoms with van der Waals surface area (Å²) in [6.45, 7) is 0. The van der Waals surface area contributed by atoms with E-state index >= 15 is 0 Å². The molecule has 1 aromatic rings. The molecule has 3 heteroatoms. The van der Waals surface area contributed by atoms with Crippen molar-refractivity contribution < 1.29 is 4.39 Å². The van der Waals surface area contributed by atoms with E-state index in [1.165, 1.54) is 0 Å². The Kier molecular flexibility index (Phi) is 2.01. The van der Waals surface area contributed by atoms with E-state index in [9.17, 15) is 4.39 Å². The van der Waals surface area contributed by atoms with Crippen molar-refractivity contribution in [3.05, 3.63) is 28.5 Å². The first-order chi connectivity index (χ1) is 5.79. The predicted octanol–water partition coefficient (Wildman–Crippen LogP) is 3.08. The fraction of sp³-hybridized carbons (Fsp3) is 0.444. The fourth-order valence-corrected chi connectivity index (χ4v) is 1.84. The highest BCUT2D eigenvalue weighted by molar-refractivity contribution is 6.31. The Bertz CT molecular complexity index is 301. The first kappa shape index (κ1) is 7.99. The van der Waals surface area contributed by atoms with Crippen LogP contribution in [0.25, 0.3) is 0 Å². The SMILES string of the molecule is F[C@H]1CCCc2c(Cl)ccnc21. The molecule has 0 radical (unpaired) electrons. The van der Waals surface area contributed by atoms with Crippen LogP contribution in [0, 0.1) is 0 Å². The molecule has 2 rings (SSSR count). The lowest BCUT2D eigenvalue weighted by atomic mass is 9.95. The largest absolute Gasteiger partial charge is 0.258 e. The monoisotopic (exact) mass is 185 g/mol. The average Bonchev–Trinajstić information content (AvgIpc) is 2.07. The van der Waals surface area contributed by atoms with Crippen molar-refractivity contribution in [1.29, 1.82) is 0 Å². The van der Waals surface area contributed by atoms with Gasteiger partial charge in [-0.25, -0.2) is 4.39 Å². The van der Waals surface area contributed by atoms with Gasteiger partial charge in [0.2, 0.25) is 0 Å². The maximum atomic E-state index is 13.2. The Morgan fingerprint density at radius 3 is 3.17 bits per heavy atom. The standard InChI is InChI=1S/C9H9ClFN/c10-7-4-5-12-9-6(7)2-1-3-8(9)11/h4-5,8H,1-3H2/t8-/m0/s1. The van der Waals surface area contributed by atoms with Gasteiger partial charge in [0.25, 0.3) is 0 Å². The van der Waals surface area contributed by atoms with Gasteiger partial charge < -0.3 is 0 Å². The number of nitrogens with zero attached hydrogens (tertiary/aromatic N) is 1. The van der Waals surface area contributed by atoms with E-state index in [1.54, 1.807) is 12.3 Å². The Morgan fingerprint density at radius 2 is 2.42 bits per heavy atom. The minimum Gasteiger partial charge on any atom is -0.258 e. The highest BCUT2D eigenvalue weighted by Gasteiger charge is 2.22. The number of alkyl halides is 1. The van der Waals surface area contributed by atoms with Crippen LogP contribution in [0.1, 0.15) is 30.3 Å². The summed E-state index contributed by atoms with van der Waals surface area (Å²) < 4.78 is 13.2. The van der Waals surface area contributed by atoms with Gasteiger partial charge in [-0.15, -0.1) is 0 Å². The Morgan fingerprint density at radius 1 is 1.58 bits per heavy atom. The number of fused-ring (bicyclic) bond motifs is 1. The molecule has 0 fully saturated rings. The van der Waals surface area contributed by atoms with Crippen molar-refractivity contribution in [1.82, 2.24) is 4.98 Å². The summed E-state index contributed by atoms with van der Waals surface area (Å²) in [5.41, 5.74) is 1.45. The number of halogens is 2. The molecule has 64 valence electrons. The molecule has 0 aromatic carbocycles. The molecule has 0 aliphatic heterocycles. The smallest absolute Gasteiger partial charge is 0.142 e. The second-order valence-corrected chi connectivity index (χ2v) is 3.42. The van der Waals surface area contributed by atoms with Crippen LogP contribution in [0.5, 0.6) is 0 Å². The van der Waals surface area contributed by atoms with Gasteiger partial charge in [-0.2, -0.15) is 0 Å². The highest BCUT2D eigenvalue weighted by Crippen LogP contribution is 2.34. The van der Waals surface area contributed by atoms with Gasteiger partial charge in [-0.1, -0.05) is 11.6 Å². The van der Waals surface area contributed by atoms with Gasteiger partial charge in [0.15, 0.2) is 0 Å². The van der Waals surface area contributed by atoms with Crippen LogP contribution < -0.4 is 0 Å². The summed E-state index contributed by atoms with van der Waals surface area (Å²) in [4.78, 5) is 4.00. The minimum atomic E-state index is -0.910. The molecule has 0 amide bonds. The van der Waals surface area contributed by atoms with E-state index in [2.05, 4.69) is 4.98 Å². The average molecular weight is 186 g/mol. The number of hydrogen-bond acceptors (Lipinski definition) is 1. The second kappa shape index (κ2) is 3.02. The van der Waals surface area contributed by atoms with Crippen LogP contribution in [0.2, 0.25) is 5.02 Å². The summed E-state index contributed by atoms with van der Waals surface area (Å²) in [6, 6.07) is 1.72. The third-order valence-electron chi connectivity index (χ3n) is 2.21. The Balaban J connectivity index is 2.52. The van der Waals surface area contributed by atoms with Gasteiger partial charge in [0, 0.05) is 11.2 Å². The van der Waals surface area contributed by atoms with E-state index in [0.29, 0.717) is 17.1 Å². The van der Waals surface area contributed by atoms with E-state index in [0.717, 1.165) is 18.4 Å². The Hall–Kier alpha value is -0.630. The molecular weight excluding hydrogens is 177 g/mol. The zero-order valence-electron chi connectivity index (χ0n) is 6.56. The van der Waals surface area contributed by atoms with Crippen LogP contribution in [0.4, 0.5) is 4.39 Å². The second-order valence-electron chi connectivity index (χ2n) is 3.02. The van der Waals surface area contributed by atoms with Crippen LogP contribution in [-0.4, -0.2) is 4.98 Å². The molecule has 0 unspecified atom stereocenters. The first-order valence-electron chi connectivity index (χ1n) is 4.06. The quantitative estimate of drug-likeness (QED) is 0.605. The molecule has 0 N–H and O–H groups in total. The van der Waals surface area contributed by atoms with Gasteiger partial charge >= 0.3 is 0 Å². The summed E-state index contributed by atoms with van der Waals surface area (Å²) in [5.74, 6) is 0. The van der Waals surface area contributed by atoms with E-state index < -0.39 is 6.17 Å². The first-order valence-corrected chi connectivity index (χ1v) is 4.44. The van der Waals surface area contributed by atoms with Crippen molar-refractivity contribution in [2.24, 2.45) is 0 Å². The molecule has 1 aromatic heterocycles. The fourth-order valence-electron chi connectivity index (χ4n) is 1.60. The van der Waals surface area contributed by atoms with Gasteiger partial charge in [0.05, 0.1) is 5.69 Å². The molecule has 1 nitrogen and oxygen atoms in total. The highest BCUT2D eigenvalue weighted by atomic mass is 35.5. The maximum absolute atomic E-state index is 13.2. The predicted molar refractivity (Wildman–Crippen MR) is 46.0 cm³/mol. The number of pyridine rings is 1. The third kappa shape index (κ3) is 1.20. The molecule has 1 aliphatic rings. The van der Waals surface area contributed by atoms with E-state index in [-0.39, 0.29) is 0 Å². The normalized spacial score (nSPS) is 22.0. The van der Waals surface area contributed by atoms with Gasteiger partial charge in [-0.05, 0) is 30.9 Å². The summed E-state index contributed by atoms with van der Waals surface area (Å²) in [6.07, 6.45) is 2.98. The van der Waals surface area contributed by atoms with Gasteiger partial charge in [0.1, 0.15) is 6.17 Å². The summed E-state index contributed by atoms with van der Waals surface area (Å²) in [7, 11) is 0. The van der Waals surface area contributed by atoms with Crippen LogP contribution in [0.15, 0.2) is 12.3 Å². The molecule has 0 saturated carbocycles. The lowest BCUT2D eigenvalue weighted by molar-refractivity contribution is 0.294. The molecule has 0 bridgehead atoms. The lowest BCUT2D eigenvalue weighted by Crippen LogP contribution is -2.08. The third-order valence-corrected chi connectivity index (χ3v) is 2.57. The number of hydrogen-bond donors (Lipinski definition) is 0. The number of aromatic nitrogens is 1. The van der Waals surface area contributed by atoms with Crippen LogP contribution in [-0.2, 0) is 6.42 Å². The van der Waals surface area contributed by atoms with Crippen molar-refractivity contribution in [3.63, 3.8) is 0 Å². The zero-order chi connectivity index (χ0) is 8.55. The minimum absolute atomic E-state index is 0.550. The molecule has 1 heterocycles. The maximum Gasteiger partial charge on any atom is 0.142 e. The molecule has 0 spiro atoms.